The van der Waals surface area contributed by atoms with Crippen molar-refractivity contribution in [3.8, 4) is 11.1 Å². The molecule has 6 heteroatoms. The lowest BCUT2D eigenvalue weighted by molar-refractivity contribution is 0.0632. The number of anilines is 1. The van der Waals surface area contributed by atoms with Crippen LogP contribution in [0.1, 0.15) is 31.9 Å². The highest BCUT2D eigenvalue weighted by Gasteiger charge is 2.19. The van der Waals surface area contributed by atoms with Crippen molar-refractivity contribution < 1.29 is 19.1 Å². The Morgan fingerprint density at radius 3 is 2.69 bits per heavy atom. The molecule has 0 aliphatic carbocycles. The van der Waals surface area contributed by atoms with Gasteiger partial charge in [0.25, 0.3) is 0 Å². The average molecular weight is 354 g/mol. The summed E-state index contributed by atoms with van der Waals surface area (Å²) in [4.78, 5) is 16.4. The third kappa shape index (κ3) is 4.03. The highest BCUT2D eigenvalue weighted by Crippen LogP contribution is 2.32. The molecule has 0 spiro atoms. The third-order valence-corrected chi connectivity index (χ3v) is 3.67. The Balaban J connectivity index is 2.03. The number of nitrogens with zero attached hydrogens (tertiary/aromatic N) is 1. The van der Waals surface area contributed by atoms with E-state index in [1.807, 2.05) is 37.3 Å². The first-order chi connectivity index (χ1) is 12.2. The van der Waals surface area contributed by atoms with Crippen LogP contribution in [-0.2, 0) is 11.3 Å². The van der Waals surface area contributed by atoms with Crippen LogP contribution >= 0.6 is 0 Å². The Morgan fingerprint density at radius 2 is 2.04 bits per heavy atom. The Hall–Kier alpha value is -2.86. The molecule has 0 radical (unpaired) electrons. The molecule has 0 atom stereocenters. The van der Waals surface area contributed by atoms with Gasteiger partial charge in [-0.25, -0.2) is 10.1 Å². The molecule has 1 amide bonds. The average Bonchev–Trinajstić information content (AvgIpc) is 2.93. The molecule has 136 valence electrons. The van der Waals surface area contributed by atoms with Crippen LogP contribution in [0.4, 0.5) is 10.8 Å². The van der Waals surface area contributed by atoms with Gasteiger partial charge in [0.1, 0.15) is 11.1 Å². The Morgan fingerprint density at radius 1 is 1.27 bits per heavy atom. The van der Waals surface area contributed by atoms with Crippen molar-refractivity contribution in [3.05, 3.63) is 47.5 Å². The molecule has 2 aromatic carbocycles. The van der Waals surface area contributed by atoms with Crippen molar-refractivity contribution in [1.82, 2.24) is 4.98 Å². The molecule has 1 heterocycles. The van der Waals surface area contributed by atoms with Crippen molar-refractivity contribution in [2.45, 2.75) is 39.9 Å². The number of carbonyl (C=O) groups is 1. The van der Waals surface area contributed by atoms with E-state index in [0.717, 1.165) is 16.7 Å². The summed E-state index contributed by atoms with van der Waals surface area (Å²) >= 11 is 0. The van der Waals surface area contributed by atoms with Gasteiger partial charge >= 0.3 is 12.1 Å². The van der Waals surface area contributed by atoms with Gasteiger partial charge in [-0.05, 0) is 51.0 Å². The number of ether oxygens (including phenoxy) is 1. The molecule has 0 aliphatic heterocycles. The Kier molecular flexibility index (Phi) is 4.70. The molecule has 0 fully saturated rings. The molecule has 26 heavy (non-hydrogen) atoms. The van der Waals surface area contributed by atoms with E-state index in [4.69, 9.17) is 9.15 Å². The minimum absolute atomic E-state index is 0.0539. The molecule has 0 unspecified atom stereocenters. The second-order valence-corrected chi connectivity index (χ2v) is 7.16. The molecule has 0 aliphatic rings. The van der Waals surface area contributed by atoms with Gasteiger partial charge < -0.3 is 14.3 Å². The molecule has 0 bridgehead atoms. The normalized spacial score (nSPS) is 11.6. The number of carbonyl (C=O) groups excluding carboxylic acids is 1. The van der Waals surface area contributed by atoms with Gasteiger partial charge in [0, 0.05) is 5.56 Å². The number of fused-ring (bicyclic) bond motifs is 1. The highest BCUT2D eigenvalue weighted by molar-refractivity contribution is 5.94. The van der Waals surface area contributed by atoms with Crippen LogP contribution in [0.5, 0.6) is 0 Å². The van der Waals surface area contributed by atoms with E-state index in [2.05, 4.69) is 10.3 Å². The maximum atomic E-state index is 12.0. The summed E-state index contributed by atoms with van der Waals surface area (Å²) in [6.45, 7) is 7.23. The van der Waals surface area contributed by atoms with E-state index in [-0.39, 0.29) is 12.6 Å². The number of aliphatic hydroxyl groups is 1. The van der Waals surface area contributed by atoms with Gasteiger partial charge in [-0.3, -0.25) is 0 Å². The number of aromatic nitrogens is 1. The summed E-state index contributed by atoms with van der Waals surface area (Å²) < 4.78 is 10.9. The maximum absolute atomic E-state index is 12.0. The predicted octanol–water partition coefficient (Wildman–Crippen LogP) is 4.64. The number of nitrogens with one attached hydrogen (secondary N) is 1. The van der Waals surface area contributed by atoms with Gasteiger partial charge in [0.2, 0.25) is 0 Å². The second kappa shape index (κ2) is 6.80. The molecule has 3 rings (SSSR count). The van der Waals surface area contributed by atoms with Crippen LogP contribution in [0.3, 0.4) is 0 Å². The minimum atomic E-state index is -0.636. The Bertz CT molecular complexity index is 954. The fourth-order valence-electron chi connectivity index (χ4n) is 2.65. The monoisotopic (exact) mass is 354 g/mol. The van der Waals surface area contributed by atoms with Crippen molar-refractivity contribution in [2.75, 3.05) is 5.32 Å². The molecule has 1 aromatic heterocycles. The van der Waals surface area contributed by atoms with E-state index in [1.54, 1.807) is 26.8 Å². The van der Waals surface area contributed by atoms with Gasteiger partial charge in [0.15, 0.2) is 5.58 Å². The fourth-order valence-corrected chi connectivity index (χ4v) is 2.65. The number of hydrogen-bond donors (Lipinski definition) is 2. The van der Waals surface area contributed by atoms with Gasteiger partial charge in [-0.2, -0.15) is 4.98 Å². The largest absolute Gasteiger partial charge is 0.443 e. The number of rotatable bonds is 3. The third-order valence-electron chi connectivity index (χ3n) is 3.67. The smallest absolute Gasteiger partial charge is 0.415 e. The molecule has 0 saturated heterocycles. The quantitative estimate of drug-likeness (QED) is 0.715. The number of oxazole rings is 1. The van der Waals surface area contributed by atoms with E-state index >= 15 is 0 Å². The molecule has 0 saturated carbocycles. The van der Waals surface area contributed by atoms with E-state index in [9.17, 15) is 9.90 Å². The van der Waals surface area contributed by atoms with Crippen LogP contribution in [-0.4, -0.2) is 21.8 Å². The van der Waals surface area contributed by atoms with E-state index in [1.165, 1.54) is 0 Å². The molecular weight excluding hydrogens is 332 g/mol. The zero-order valence-electron chi connectivity index (χ0n) is 15.3. The van der Waals surface area contributed by atoms with Crippen molar-refractivity contribution >= 4 is 23.2 Å². The lowest BCUT2D eigenvalue weighted by Crippen LogP contribution is -2.27. The first kappa shape index (κ1) is 17.9. The number of aliphatic hydroxyl groups excluding tert-OH is 1. The lowest BCUT2D eigenvalue weighted by Gasteiger charge is -2.18. The maximum Gasteiger partial charge on any atom is 0.415 e. The Labute approximate surface area is 151 Å². The lowest BCUT2D eigenvalue weighted by atomic mass is 10.00. The highest BCUT2D eigenvalue weighted by atomic mass is 16.6. The van der Waals surface area contributed by atoms with E-state index in [0.29, 0.717) is 16.7 Å². The number of benzene rings is 2. The molecule has 3 aromatic rings. The number of hydrogen-bond acceptors (Lipinski definition) is 5. The molecule has 6 nitrogen and oxygen atoms in total. The van der Waals surface area contributed by atoms with Crippen LogP contribution in [0, 0.1) is 6.92 Å². The summed E-state index contributed by atoms with van der Waals surface area (Å²) in [5.74, 6) is 0. The predicted molar refractivity (Wildman–Crippen MR) is 100.0 cm³/mol. The zero-order chi connectivity index (χ0) is 18.9. The first-order valence-electron chi connectivity index (χ1n) is 8.36. The number of aryl methyl sites for hydroxylation is 1. The summed E-state index contributed by atoms with van der Waals surface area (Å²) in [6.07, 6.45) is -0.636. The van der Waals surface area contributed by atoms with Gasteiger partial charge in [0.05, 0.1) is 6.61 Å². The van der Waals surface area contributed by atoms with E-state index < -0.39 is 11.7 Å². The van der Waals surface area contributed by atoms with Crippen LogP contribution in [0.15, 0.2) is 40.8 Å². The molecular formula is C20H22N2O4. The summed E-state index contributed by atoms with van der Waals surface area (Å²) in [5.41, 5.74) is 4.08. The topological polar surface area (TPSA) is 84.6 Å². The summed E-state index contributed by atoms with van der Waals surface area (Å²) in [5, 5.41) is 12.1. The number of amides is 1. The molecule has 2 N–H and O–H groups in total. The van der Waals surface area contributed by atoms with Crippen molar-refractivity contribution in [1.29, 1.82) is 0 Å². The minimum Gasteiger partial charge on any atom is -0.443 e. The SMILES string of the molecule is Cc1cccc(-c2cc(CO)cc3oc(NC(=O)OC(C)(C)C)nc23)c1. The fraction of sp³-hybridized carbons (Fsp3) is 0.300. The zero-order valence-corrected chi connectivity index (χ0v) is 15.3. The second-order valence-electron chi connectivity index (χ2n) is 7.16. The van der Waals surface area contributed by atoms with Crippen LogP contribution in [0.25, 0.3) is 22.2 Å². The van der Waals surface area contributed by atoms with Crippen molar-refractivity contribution in [2.24, 2.45) is 0 Å². The summed E-state index contributed by atoms with van der Waals surface area (Å²) in [6, 6.07) is 11.6. The van der Waals surface area contributed by atoms with Crippen LogP contribution in [0.2, 0.25) is 0 Å². The van der Waals surface area contributed by atoms with Gasteiger partial charge in [-0.15, -0.1) is 0 Å². The standard InChI is InChI=1S/C20H22N2O4/c1-12-6-5-7-14(8-12)15-9-13(11-23)10-16-17(15)21-18(25-16)22-19(24)26-20(2,3)4/h5-10,23H,11H2,1-4H3,(H,21,22,24). The van der Waals surface area contributed by atoms with Crippen LogP contribution < -0.4 is 5.32 Å². The first-order valence-corrected chi connectivity index (χ1v) is 8.36. The van der Waals surface area contributed by atoms with Gasteiger partial charge in [-0.1, -0.05) is 29.8 Å². The summed E-state index contributed by atoms with van der Waals surface area (Å²) in [7, 11) is 0. The van der Waals surface area contributed by atoms with Crippen molar-refractivity contribution in [3.63, 3.8) is 0 Å².